The average molecular weight is 313 g/mol. The van der Waals surface area contributed by atoms with Crippen molar-refractivity contribution >= 4 is 27.3 Å². The number of nitrogens with two attached hydrogens (primary N) is 1. The summed E-state index contributed by atoms with van der Waals surface area (Å²) in [6.45, 7) is 5.42. The molecule has 0 radical (unpaired) electrons. The van der Waals surface area contributed by atoms with Gasteiger partial charge in [0.1, 0.15) is 0 Å². The first kappa shape index (κ1) is 17.5. The number of hydrogen-bond donors (Lipinski definition) is 3. The predicted molar refractivity (Wildman–Crippen MR) is 85.8 cm³/mol. The second kappa shape index (κ2) is 6.44. The quantitative estimate of drug-likeness (QED) is 0.745. The van der Waals surface area contributed by atoms with Crippen molar-refractivity contribution < 1.29 is 13.2 Å². The summed E-state index contributed by atoms with van der Waals surface area (Å²) in [4.78, 5) is 12.1. The van der Waals surface area contributed by atoms with Crippen molar-refractivity contribution in [1.82, 2.24) is 0 Å². The van der Waals surface area contributed by atoms with Gasteiger partial charge in [0, 0.05) is 5.69 Å². The van der Waals surface area contributed by atoms with Crippen LogP contribution in [0.3, 0.4) is 0 Å². The number of amides is 1. The molecular formula is C14H23N3O3S. The van der Waals surface area contributed by atoms with E-state index in [2.05, 4.69) is 10.0 Å². The van der Waals surface area contributed by atoms with Crippen molar-refractivity contribution in [3.8, 4) is 0 Å². The van der Waals surface area contributed by atoms with Crippen LogP contribution in [0.4, 0.5) is 11.4 Å². The minimum atomic E-state index is -3.32. The fourth-order valence-electron chi connectivity index (χ4n) is 1.96. The van der Waals surface area contributed by atoms with Gasteiger partial charge in [0.15, 0.2) is 0 Å². The highest BCUT2D eigenvalue weighted by Gasteiger charge is 2.27. The van der Waals surface area contributed by atoms with Gasteiger partial charge in [-0.3, -0.25) is 9.52 Å². The van der Waals surface area contributed by atoms with E-state index in [0.29, 0.717) is 23.4 Å². The molecule has 0 bridgehead atoms. The summed E-state index contributed by atoms with van der Waals surface area (Å²) in [6, 6.07) is 4.95. The van der Waals surface area contributed by atoms with E-state index in [1.807, 2.05) is 6.92 Å². The van der Waals surface area contributed by atoms with Crippen LogP contribution in [0.15, 0.2) is 18.2 Å². The van der Waals surface area contributed by atoms with Gasteiger partial charge < -0.3 is 11.1 Å². The molecule has 0 heterocycles. The lowest BCUT2D eigenvalue weighted by atomic mass is 9.96. The zero-order valence-corrected chi connectivity index (χ0v) is 13.7. The number of sulfonamides is 1. The number of carbonyl (C=O) groups is 1. The summed E-state index contributed by atoms with van der Waals surface area (Å²) in [7, 11) is -3.32. The van der Waals surface area contributed by atoms with Gasteiger partial charge in [-0.2, -0.15) is 0 Å². The molecule has 1 aromatic rings. The molecule has 0 aliphatic carbocycles. The zero-order valence-electron chi connectivity index (χ0n) is 12.9. The van der Waals surface area contributed by atoms with Crippen LogP contribution in [0, 0.1) is 6.92 Å². The summed E-state index contributed by atoms with van der Waals surface area (Å²) in [5.41, 5.74) is 6.83. The largest absolute Gasteiger partial charge is 0.324 e. The van der Waals surface area contributed by atoms with Crippen LogP contribution in [0.25, 0.3) is 0 Å². The number of nitrogens with one attached hydrogen (secondary N) is 2. The molecule has 0 saturated heterocycles. The molecule has 118 valence electrons. The van der Waals surface area contributed by atoms with Crippen molar-refractivity contribution in [2.45, 2.75) is 39.2 Å². The number of aryl methyl sites for hydroxylation is 1. The fraction of sp³-hybridized carbons (Fsp3) is 0.500. The maximum absolute atomic E-state index is 12.1. The smallest absolute Gasteiger partial charge is 0.244 e. The zero-order chi connectivity index (χ0) is 16.3. The maximum atomic E-state index is 12.1. The predicted octanol–water partition coefficient (Wildman–Crippen LogP) is 1.82. The number of benzene rings is 1. The molecule has 4 N–H and O–H groups in total. The van der Waals surface area contributed by atoms with E-state index < -0.39 is 15.6 Å². The van der Waals surface area contributed by atoms with Crippen LogP contribution in [-0.2, 0) is 14.8 Å². The van der Waals surface area contributed by atoms with Gasteiger partial charge >= 0.3 is 0 Å². The molecule has 0 aliphatic heterocycles. The summed E-state index contributed by atoms with van der Waals surface area (Å²) in [6.07, 6.45) is 2.49. The number of hydrogen-bond acceptors (Lipinski definition) is 4. The van der Waals surface area contributed by atoms with Gasteiger partial charge in [-0.15, -0.1) is 0 Å². The highest BCUT2D eigenvalue weighted by Crippen LogP contribution is 2.21. The topological polar surface area (TPSA) is 101 Å². The molecule has 1 unspecified atom stereocenters. The van der Waals surface area contributed by atoms with Gasteiger partial charge in [-0.05, 0) is 44.0 Å². The summed E-state index contributed by atoms with van der Waals surface area (Å²) in [5.74, 6) is -0.257. The van der Waals surface area contributed by atoms with E-state index in [-0.39, 0.29) is 5.91 Å². The number of rotatable bonds is 6. The first-order valence-electron chi connectivity index (χ1n) is 6.74. The maximum Gasteiger partial charge on any atom is 0.244 e. The molecule has 0 spiro atoms. The van der Waals surface area contributed by atoms with Crippen molar-refractivity contribution in [2.75, 3.05) is 16.3 Å². The molecule has 1 amide bonds. The lowest BCUT2D eigenvalue weighted by Crippen LogP contribution is -2.48. The monoisotopic (exact) mass is 313 g/mol. The van der Waals surface area contributed by atoms with Gasteiger partial charge in [0.05, 0.1) is 17.5 Å². The number of carbonyl (C=O) groups excluding carboxylic acids is 1. The Kier molecular flexibility index (Phi) is 5.36. The SMILES string of the molecule is CCCC(C)(N)C(=O)Nc1ccc(NS(C)(=O)=O)c(C)c1. The molecule has 7 heteroatoms. The Morgan fingerprint density at radius 2 is 2.00 bits per heavy atom. The van der Waals surface area contributed by atoms with Gasteiger partial charge in [0.25, 0.3) is 0 Å². The van der Waals surface area contributed by atoms with Crippen LogP contribution in [0.1, 0.15) is 32.3 Å². The Hall–Kier alpha value is -1.60. The van der Waals surface area contributed by atoms with Crippen LogP contribution in [0.2, 0.25) is 0 Å². The Balaban J connectivity index is 2.88. The van der Waals surface area contributed by atoms with Crippen molar-refractivity contribution in [3.63, 3.8) is 0 Å². The molecule has 1 atom stereocenters. The minimum absolute atomic E-state index is 0.257. The highest BCUT2D eigenvalue weighted by molar-refractivity contribution is 7.92. The van der Waals surface area contributed by atoms with E-state index >= 15 is 0 Å². The first-order chi connectivity index (χ1) is 9.55. The molecule has 6 nitrogen and oxygen atoms in total. The Bertz CT molecular complexity index is 624. The summed E-state index contributed by atoms with van der Waals surface area (Å²) < 4.78 is 24.9. The highest BCUT2D eigenvalue weighted by atomic mass is 32.2. The Morgan fingerprint density at radius 1 is 1.38 bits per heavy atom. The summed E-state index contributed by atoms with van der Waals surface area (Å²) in [5, 5.41) is 2.76. The van der Waals surface area contributed by atoms with Crippen LogP contribution < -0.4 is 15.8 Å². The van der Waals surface area contributed by atoms with Crippen LogP contribution in [0.5, 0.6) is 0 Å². The normalized spacial score (nSPS) is 14.3. The molecular weight excluding hydrogens is 290 g/mol. The average Bonchev–Trinajstić information content (AvgIpc) is 2.31. The molecule has 0 aliphatic rings. The van der Waals surface area contributed by atoms with E-state index in [1.165, 1.54) is 0 Å². The van der Waals surface area contributed by atoms with E-state index in [1.54, 1.807) is 32.0 Å². The van der Waals surface area contributed by atoms with Crippen LogP contribution >= 0.6 is 0 Å². The number of anilines is 2. The van der Waals surface area contributed by atoms with E-state index in [0.717, 1.165) is 12.7 Å². The molecule has 21 heavy (non-hydrogen) atoms. The lowest BCUT2D eigenvalue weighted by molar-refractivity contribution is -0.120. The first-order valence-corrected chi connectivity index (χ1v) is 8.63. The second-order valence-corrected chi connectivity index (χ2v) is 7.27. The molecule has 0 saturated carbocycles. The van der Waals surface area contributed by atoms with E-state index in [9.17, 15) is 13.2 Å². The minimum Gasteiger partial charge on any atom is -0.324 e. The van der Waals surface area contributed by atoms with Gasteiger partial charge in [-0.25, -0.2) is 8.42 Å². The molecule has 1 rings (SSSR count). The fourth-order valence-corrected chi connectivity index (χ4v) is 2.59. The third kappa shape index (κ3) is 5.35. The third-order valence-electron chi connectivity index (χ3n) is 3.07. The standard InChI is InChI=1S/C14H23N3O3S/c1-5-8-14(3,15)13(18)16-11-6-7-12(10(2)9-11)17-21(4,19)20/h6-7,9,17H,5,8,15H2,1-4H3,(H,16,18). The van der Waals surface area contributed by atoms with E-state index in [4.69, 9.17) is 5.73 Å². The molecule has 0 aromatic heterocycles. The lowest BCUT2D eigenvalue weighted by Gasteiger charge is -2.23. The van der Waals surface area contributed by atoms with Crippen molar-refractivity contribution in [3.05, 3.63) is 23.8 Å². The Labute approximate surface area is 126 Å². The molecule has 1 aromatic carbocycles. The second-order valence-electron chi connectivity index (χ2n) is 5.53. The van der Waals surface area contributed by atoms with Gasteiger partial charge in [0.2, 0.25) is 15.9 Å². The van der Waals surface area contributed by atoms with Crippen molar-refractivity contribution in [1.29, 1.82) is 0 Å². The van der Waals surface area contributed by atoms with Crippen molar-refractivity contribution in [2.24, 2.45) is 5.73 Å². The summed E-state index contributed by atoms with van der Waals surface area (Å²) >= 11 is 0. The molecule has 0 fully saturated rings. The van der Waals surface area contributed by atoms with Crippen LogP contribution in [-0.4, -0.2) is 26.1 Å². The van der Waals surface area contributed by atoms with Gasteiger partial charge in [-0.1, -0.05) is 13.3 Å². The third-order valence-corrected chi connectivity index (χ3v) is 3.66. The Morgan fingerprint density at radius 3 is 2.48 bits per heavy atom.